The van der Waals surface area contributed by atoms with Crippen molar-refractivity contribution in [3.8, 4) is 11.4 Å². The predicted octanol–water partition coefficient (Wildman–Crippen LogP) is 2.24. The molecule has 2 heterocycles. The summed E-state index contributed by atoms with van der Waals surface area (Å²) in [5, 5.41) is 13.5. The third kappa shape index (κ3) is 2.33. The first-order chi connectivity index (χ1) is 9.22. The summed E-state index contributed by atoms with van der Waals surface area (Å²) in [6, 6.07) is 7.75. The average molecular weight is 257 g/mol. The van der Waals surface area contributed by atoms with E-state index in [2.05, 4.69) is 15.1 Å². The zero-order valence-electron chi connectivity index (χ0n) is 9.96. The molecule has 0 radical (unpaired) electrons. The van der Waals surface area contributed by atoms with Crippen molar-refractivity contribution in [2.45, 2.75) is 12.8 Å². The molecule has 0 saturated heterocycles. The number of carboxylic acids is 1. The zero-order chi connectivity index (χ0) is 13.2. The Morgan fingerprint density at radius 3 is 3.11 bits per heavy atom. The van der Waals surface area contributed by atoms with Gasteiger partial charge in [-0.25, -0.2) is 0 Å². The van der Waals surface area contributed by atoms with Gasteiger partial charge in [-0.05, 0) is 24.3 Å². The zero-order valence-corrected chi connectivity index (χ0v) is 9.96. The smallest absolute Gasteiger partial charge is 0.303 e. The molecule has 6 heteroatoms. The molecule has 6 nitrogen and oxygen atoms in total. The lowest BCUT2D eigenvalue weighted by Crippen LogP contribution is -1.97. The lowest BCUT2D eigenvalue weighted by Gasteiger charge is -1.94. The number of hydrogen-bond donors (Lipinski definition) is 2. The number of aromatic nitrogens is 3. The van der Waals surface area contributed by atoms with E-state index in [1.807, 2.05) is 30.5 Å². The van der Waals surface area contributed by atoms with Gasteiger partial charge in [-0.2, -0.15) is 4.98 Å². The van der Waals surface area contributed by atoms with Gasteiger partial charge >= 0.3 is 5.97 Å². The number of aryl methyl sites for hydroxylation is 1. The molecule has 19 heavy (non-hydrogen) atoms. The Morgan fingerprint density at radius 1 is 1.37 bits per heavy atom. The molecule has 0 unspecified atom stereocenters. The topological polar surface area (TPSA) is 92.0 Å². The Morgan fingerprint density at radius 2 is 2.26 bits per heavy atom. The Balaban J connectivity index is 1.86. The highest BCUT2D eigenvalue weighted by atomic mass is 16.5. The molecule has 0 atom stereocenters. The summed E-state index contributed by atoms with van der Waals surface area (Å²) < 4.78 is 5.03. The second kappa shape index (κ2) is 4.56. The fourth-order valence-electron chi connectivity index (χ4n) is 1.88. The van der Waals surface area contributed by atoms with Crippen LogP contribution in [0.3, 0.4) is 0 Å². The molecular formula is C13H11N3O3. The van der Waals surface area contributed by atoms with E-state index < -0.39 is 5.97 Å². The van der Waals surface area contributed by atoms with Gasteiger partial charge in [0.05, 0.1) is 6.42 Å². The number of rotatable bonds is 4. The lowest BCUT2D eigenvalue weighted by atomic mass is 10.1. The Hall–Kier alpha value is -2.63. The molecule has 0 amide bonds. The van der Waals surface area contributed by atoms with Crippen LogP contribution in [0.25, 0.3) is 22.3 Å². The van der Waals surface area contributed by atoms with Crippen LogP contribution in [0.2, 0.25) is 0 Å². The minimum absolute atomic E-state index is 0.0154. The number of carbonyl (C=O) groups is 1. The highest BCUT2D eigenvalue weighted by molar-refractivity contribution is 5.83. The van der Waals surface area contributed by atoms with Crippen LogP contribution in [0.5, 0.6) is 0 Å². The standard InChI is InChI=1S/C13H11N3O3/c17-12(18)4-3-11-15-13(16-19-11)9-1-2-10-8(7-9)5-6-14-10/h1-2,5-7,14H,3-4H2,(H,17,18). The van der Waals surface area contributed by atoms with E-state index in [1.54, 1.807) is 0 Å². The maximum Gasteiger partial charge on any atom is 0.303 e. The molecule has 2 N–H and O–H groups in total. The van der Waals surface area contributed by atoms with Crippen LogP contribution in [0.4, 0.5) is 0 Å². The molecule has 0 saturated carbocycles. The summed E-state index contributed by atoms with van der Waals surface area (Å²) in [5.41, 5.74) is 1.88. The number of nitrogens with one attached hydrogen (secondary N) is 1. The number of aromatic amines is 1. The maximum atomic E-state index is 10.5. The van der Waals surface area contributed by atoms with Gasteiger partial charge in [-0.3, -0.25) is 4.79 Å². The van der Waals surface area contributed by atoms with Gasteiger partial charge in [0.15, 0.2) is 0 Å². The second-order valence-electron chi connectivity index (χ2n) is 4.19. The van der Waals surface area contributed by atoms with Crippen molar-refractivity contribution in [1.29, 1.82) is 0 Å². The summed E-state index contributed by atoms with van der Waals surface area (Å²) in [7, 11) is 0. The molecule has 3 rings (SSSR count). The molecule has 0 aliphatic rings. The molecule has 0 aliphatic heterocycles. The summed E-state index contributed by atoms with van der Waals surface area (Å²) in [4.78, 5) is 17.8. The van der Waals surface area contributed by atoms with Gasteiger partial charge in [-0.1, -0.05) is 5.16 Å². The van der Waals surface area contributed by atoms with Crippen molar-refractivity contribution < 1.29 is 14.4 Å². The highest BCUT2D eigenvalue weighted by Crippen LogP contribution is 2.21. The number of nitrogens with zero attached hydrogens (tertiary/aromatic N) is 2. The van der Waals surface area contributed by atoms with Crippen molar-refractivity contribution in [2.75, 3.05) is 0 Å². The van der Waals surface area contributed by atoms with Gasteiger partial charge in [0.25, 0.3) is 0 Å². The minimum atomic E-state index is -0.881. The molecule has 96 valence electrons. The van der Waals surface area contributed by atoms with Gasteiger partial charge in [-0.15, -0.1) is 0 Å². The van der Waals surface area contributed by atoms with Crippen LogP contribution in [0.1, 0.15) is 12.3 Å². The molecule has 3 aromatic rings. The number of benzene rings is 1. The first kappa shape index (κ1) is 11.5. The van der Waals surface area contributed by atoms with E-state index >= 15 is 0 Å². The SMILES string of the molecule is O=C(O)CCc1nc(-c2ccc3[nH]ccc3c2)no1. The van der Waals surface area contributed by atoms with Gasteiger partial charge in [0, 0.05) is 29.1 Å². The molecular weight excluding hydrogens is 246 g/mol. The molecule has 0 bridgehead atoms. The van der Waals surface area contributed by atoms with E-state index in [-0.39, 0.29) is 12.8 Å². The normalized spacial score (nSPS) is 10.9. The molecule has 1 aromatic carbocycles. The number of hydrogen-bond acceptors (Lipinski definition) is 4. The van der Waals surface area contributed by atoms with Crippen LogP contribution in [0.15, 0.2) is 35.0 Å². The molecule has 0 spiro atoms. The number of carboxylic acid groups (broad SMARTS) is 1. The van der Waals surface area contributed by atoms with Crippen molar-refractivity contribution in [2.24, 2.45) is 0 Å². The van der Waals surface area contributed by atoms with Crippen molar-refractivity contribution >= 4 is 16.9 Å². The van der Waals surface area contributed by atoms with Crippen LogP contribution in [-0.2, 0) is 11.2 Å². The number of aliphatic carboxylic acids is 1. The average Bonchev–Trinajstić information content (AvgIpc) is 3.04. The molecule has 2 aromatic heterocycles. The van der Waals surface area contributed by atoms with E-state index in [0.29, 0.717) is 11.7 Å². The number of H-pyrrole nitrogens is 1. The fourth-order valence-corrected chi connectivity index (χ4v) is 1.88. The second-order valence-corrected chi connectivity index (χ2v) is 4.19. The Bertz CT molecular complexity index is 729. The number of fused-ring (bicyclic) bond motifs is 1. The van der Waals surface area contributed by atoms with Gasteiger partial charge in [0.1, 0.15) is 0 Å². The van der Waals surface area contributed by atoms with E-state index in [0.717, 1.165) is 16.5 Å². The first-order valence-corrected chi connectivity index (χ1v) is 5.84. The largest absolute Gasteiger partial charge is 0.481 e. The van der Waals surface area contributed by atoms with Crippen LogP contribution >= 0.6 is 0 Å². The van der Waals surface area contributed by atoms with E-state index in [1.165, 1.54) is 0 Å². The first-order valence-electron chi connectivity index (χ1n) is 5.84. The summed E-state index contributed by atoms with van der Waals surface area (Å²) in [6.45, 7) is 0. The highest BCUT2D eigenvalue weighted by Gasteiger charge is 2.10. The van der Waals surface area contributed by atoms with Gasteiger partial charge in [0.2, 0.25) is 11.7 Å². The predicted molar refractivity (Wildman–Crippen MR) is 67.5 cm³/mol. The molecule has 0 aliphatic carbocycles. The third-order valence-electron chi connectivity index (χ3n) is 2.83. The lowest BCUT2D eigenvalue weighted by molar-refractivity contribution is -0.137. The fraction of sp³-hybridized carbons (Fsp3) is 0.154. The Labute approximate surface area is 108 Å². The Kier molecular flexibility index (Phi) is 2.75. The van der Waals surface area contributed by atoms with Crippen LogP contribution in [-0.4, -0.2) is 26.2 Å². The van der Waals surface area contributed by atoms with Gasteiger partial charge < -0.3 is 14.6 Å². The quantitative estimate of drug-likeness (QED) is 0.747. The third-order valence-corrected chi connectivity index (χ3v) is 2.83. The molecule has 0 fully saturated rings. The summed E-state index contributed by atoms with van der Waals surface area (Å²) in [5.74, 6) is -0.0662. The maximum absolute atomic E-state index is 10.5. The monoisotopic (exact) mass is 257 g/mol. The van der Waals surface area contributed by atoms with Crippen LogP contribution < -0.4 is 0 Å². The van der Waals surface area contributed by atoms with E-state index in [4.69, 9.17) is 9.63 Å². The van der Waals surface area contributed by atoms with Crippen molar-refractivity contribution in [1.82, 2.24) is 15.1 Å². The van der Waals surface area contributed by atoms with E-state index in [9.17, 15) is 4.79 Å². The summed E-state index contributed by atoms with van der Waals surface area (Å²) in [6.07, 6.45) is 2.09. The minimum Gasteiger partial charge on any atom is -0.481 e. The van der Waals surface area contributed by atoms with Crippen molar-refractivity contribution in [3.05, 3.63) is 36.4 Å². The van der Waals surface area contributed by atoms with Crippen LogP contribution in [0, 0.1) is 0 Å². The summed E-state index contributed by atoms with van der Waals surface area (Å²) >= 11 is 0. The van der Waals surface area contributed by atoms with Crippen molar-refractivity contribution in [3.63, 3.8) is 0 Å².